The molecule has 10 heteroatoms. The van der Waals surface area contributed by atoms with Gasteiger partial charge in [0.2, 0.25) is 0 Å². The van der Waals surface area contributed by atoms with Gasteiger partial charge in [0.25, 0.3) is 11.5 Å². The molecule has 0 atom stereocenters. The highest BCUT2D eigenvalue weighted by Crippen LogP contribution is 2.35. The largest absolute Gasteiger partial charge is 0.272 e. The SMILES string of the molecule is O=C(CSc1nc2sc3c(c2c(=O)n1-c1ccc(Br)cc1)CCCC3)NN=CC(Cl)=Cc1ccccc1. The van der Waals surface area contributed by atoms with Crippen LogP contribution in [0, 0.1) is 0 Å². The average molecular weight is 614 g/mol. The lowest BCUT2D eigenvalue weighted by Crippen LogP contribution is -2.24. The zero-order chi connectivity index (χ0) is 25.8. The van der Waals surface area contributed by atoms with Crippen LogP contribution in [0.3, 0.4) is 0 Å². The second-order valence-corrected chi connectivity index (χ2v) is 11.8. The predicted molar refractivity (Wildman–Crippen MR) is 157 cm³/mol. The van der Waals surface area contributed by atoms with Crippen LogP contribution in [0.4, 0.5) is 0 Å². The molecule has 0 unspecified atom stereocenters. The maximum absolute atomic E-state index is 13.8. The molecule has 0 saturated carbocycles. The zero-order valence-corrected chi connectivity index (χ0v) is 23.6. The quantitative estimate of drug-likeness (QED) is 0.111. The molecule has 0 saturated heterocycles. The molecule has 1 aliphatic carbocycles. The molecule has 1 amide bonds. The number of thioether (sulfide) groups is 1. The molecule has 2 aromatic carbocycles. The van der Waals surface area contributed by atoms with Crippen LogP contribution >= 0.6 is 50.6 Å². The van der Waals surface area contributed by atoms with E-state index in [-0.39, 0.29) is 17.2 Å². The molecule has 37 heavy (non-hydrogen) atoms. The van der Waals surface area contributed by atoms with Crippen LogP contribution < -0.4 is 11.0 Å². The number of hydrogen-bond donors (Lipinski definition) is 1. The van der Waals surface area contributed by atoms with Gasteiger partial charge in [-0.15, -0.1) is 11.3 Å². The summed E-state index contributed by atoms with van der Waals surface area (Å²) in [5.74, 6) is -0.288. The number of allylic oxidation sites excluding steroid dienone is 1. The van der Waals surface area contributed by atoms with Gasteiger partial charge in [-0.3, -0.25) is 14.2 Å². The van der Waals surface area contributed by atoms with Gasteiger partial charge < -0.3 is 0 Å². The fraction of sp³-hybridized carbons (Fsp3) is 0.185. The summed E-state index contributed by atoms with van der Waals surface area (Å²) in [4.78, 5) is 33.1. The van der Waals surface area contributed by atoms with Crippen LogP contribution in [-0.4, -0.2) is 27.4 Å². The van der Waals surface area contributed by atoms with E-state index in [0.717, 1.165) is 46.1 Å². The molecule has 188 valence electrons. The molecule has 2 heterocycles. The number of rotatable bonds is 7. The molecule has 4 aromatic rings. The monoisotopic (exact) mass is 612 g/mol. The summed E-state index contributed by atoms with van der Waals surface area (Å²) in [7, 11) is 0. The Kier molecular flexibility index (Phi) is 8.24. The summed E-state index contributed by atoms with van der Waals surface area (Å²) in [5, 5.41) is 5.52. The van der Waals surface area contributed by atoms with Gasteiger partial charge in [0.15, 0.2) is 5.16 Å². The Morgan fingerprint density at radius 3 is 2.70 bits per heavy atom. The summed E-state index contributed by atoms with van der Waals surface area (Å²) in [6, 6.07) is 17.1. The van der Waals surface area contributed by atoms with Crippen molar-refractivity contribution in [3.63, 3.8) is 0 Å². The third kappa shape index (κ3) is 6.06. The van der Waals surface area contributed by atoms with Crippen molar-refractivity contribution >= 4 is 79.0 Å². The number of carbonyl (C=O) groups is 1. The first kappa shape index (κ1) is 25.9. The van der Waals surface area contributed by atoms with Gasteiger partial charge >= 0.3 is 0 Å². The number of nitrogens with one attached hydrogen (secondary N) is 1. The number of hydrazone groups is 1. The van der Waals surface area contributed by atoms with Crippen LogP contribution in [0.2, 0.25) is 0 Å². The number of thiophene rings is 1. The number of halogens is 2. The van der Waals surface area contributed by atoms with Crippen molar-refractivity contribution in [3.05, 3.63) is 90.5 Å². The maximum Gasteiger partial charge on any atom is 0.267 e. The minimum absolute atomic E-state index is 0.0386. The van der Waals surface area contributed by atoms with Crippen LogP contribution in [0.1, 0.15) is 28.8 Å². The van der Waals surface area contributed by atoms with Crippen molar-refractivity contribution in [1.82, 2.24) is 15.0 Å². The van der Waals surface area contributed by atoms with Crippen LogP contribution in [0.25, 0.3) is 22.0 Å². The first-order valence-corrected chi connectivity index (χ1v) is 14.7. The highest BCUT2D eigenvalue weighted by atomic mass is 79.9. The van der Waals surface area contributed by atoms with E-state index in [0.29, 0.717) is 21.3 Å². The second-order valence-electron chi connectivity index (χ2n) is 8.42. The van der Waals surface area contributed by atoms with E-state index in [1.165, 1.54) is 22.9 Å². The standard InChI is InChI=1S/C27H22BrClN4O2S2/c28-18-10-12-20(13-11-18)33-26(35)24-21-8-4-5-9-22(21)37-25(24)31-27(33)36-16-23(34)32-30-15-19(29)14-17-6-2-1-3-7-17/h1-3,6-7,10-15H,4-5,8-9,16H2,(H,32,34). The van der Waals surface area contributed by atoms with Gasteiger partial charge in [-0.2, -0.15) is 5.10 Å². The Hall–Kier alpha value is -2.72. The summed E-state index contributed by atoms with van der Waals surface area (Å²) >= 11 is 12.4. The number of amides is 1. The topological polar surface area (TPSA) is 76.3 Å². The van der Waals surface area contributed by atoms with E-state index in [4.69, 9.17) is 16.6 Å². The number of hydrogen-bond acceptors (Lipinski definition) is 6. The number of nitrogens with zero attached hydrogens (tertiary/aromatic N) is 3. The molecule has 0 spiro atoms. The minimum Gasteiger partial charge on any atom is -0.272 e. The number of carbonyl (C=O) groups excluding carboxylic acids is 1. The lowest BCUT2D eigenvalue weighted by molar-refractivity contribution is -0.118. The van der Waals surface area contributed by atoms with Gasteiger partial charge in [-0.25, -0.2) is 10.4 Å². The summed E-state index contributed by atoms with van der Waals surface area (Å²) in [6.45, 7) is 0. The summed E-state index contributed by atoms with van der Waals surface area (Å²) in [6.07, 6.45) is 7.24. The molecule has 6 nitrogen and oxygen atoms in total. The zero-order valence-electron chi connectivity index (χ0n) is 19.6. The fourth-order valence-corrected chi connectivity index (χ4v) is 6.72. The Balaban J connectivity index is 1.38. The van der Waals surface area contributed by atoms with E-state index in [2.05, 4.69) is 26.5 Å². The van der Waals surface area contributed by atoms with Crippen LogP contribution in [0.15, 0.2) is 79.2 Å². The van der Waals surface area contributed by atoms with Crippen molar-refractivity contribution in [2.75, 3.05) is 5.75 Å². The molecule has 0 radical (unpaired) electrons. The molecule has 5 rings (SSSR count). The van der Waals surface area contributed by atoms with Crippen molar-refractivity contribution in [3.8, 4) is 5.69 Å². The van der Waals surface area contributed by atoms with E-state index in [9.17, 15) is 9.59 Å². The maximum atomic E-state index is 13.8. The normalized spacial score (nSPS) is 13.7. The highest BCUT2D eigenvalue weighted by Gasteiger charge is 2.23. The van der Waals surface area contributed by atoms with Gasteiger partial charge in [0.05, 0.1) is 28.1 Å². The Morgan fingerprint density at radius 1 is 1.16 bits per heavy atom. The van der Waals surface area contributed by atoms with E-state index in [1.54, 1.807) is 22.0 Å². The Labute approximate surface area is 235 Å². The third-order valence-electron chi connectivity index (χ3n) is 5.86. The number of aryl methyl sites for hydroxylation is 2. The molecule has 0 aliphatic heterocycles. The fourth-order valence-electron chi connectivity index (χ4n) is 4.18. The van der Waals surface area contributed by atoms with Gasteiger partial charge in [-0.05, 0) is 67.2 Å². The summed E-state index contributed by atoms with van der Waals surface area (Å²) < 4.78 is 2.52. The van der Waals surface area contributed by atoms with Crippen molar-refractivity contribution in [2.24, 2.45) is 5.10 Å². The average Bonchev–Trinajstić information content (AvgIpc) is 3.27. The van der Waals surface area contributed by atoms with Crippen LogP contribution in [-0.2, 0) is 17.6 Å². The lowest BCUT2D eigenvalue weighted by Gasteiger charge is -2.13. The smallest absolute Gasteiger partial charge is 0.267 e. The Bertz CT molecular complexity index is 1560. The van der Waals surface area contributed by atoms with E-state index in [1.807, 2.05) is 54.6 Å². The number of aromatic nitrogens is 2. The molecular weight excluding hydrogens is 592 g/mol. The van der Waals surface area contributed by atoms with Crippen molar-refractivity contribution in [2.45, 2.75) is 30.8 Å². The minimum atomic E-state index is -0.326. The summed E-state index contributed by atoms with van der Waals surface area (Å²) in [5.41, 5.74) is 5.18. The van der Waals surface area contributed by atoms with Crippen molar-refractivity contribution < 1.29 is 4.79 Å². The first-order chi connectivity index (χ1) is 18.0. The second kappa shape index (κ2) is 11.8. The van der Waals surface area contributed by atoms with E-state index < -0.39 is 0 Å². The first-order valence-electron chi connectivity index (χ1n) is 11.7. The van der Waals surface area contributed by atoms with Crippen molar-refractivity contribution in [1.29, 1.82) is 0 Å². The molecule has 0 fully saturated rings. The highest BCUT2D eigenvalue weighted by molar-refractivity contribution is 9.10. The Morgan fingerprint density at radius 2 is 1.92 bits per heavy atom. The molecule has 2 aromatic heterocycles. The van der Waals surface area contributed by atoms with Gasteiger partial charge in [0, 0.05) is 9.35 Å². The number of benzene rings is 2. The van der Waals surface area contributed by atoms with E-state index >= 15 is 0 Å². The molecule has 0 bridgehead atoms. The third-order valence-corrected chi connectivity index (χ3v) is 8.72. The van der Waals surface area contributed by atoms with Gasteiger partial charge in [-0.1, -0.05) is 69.6 Å². The van der Waals surface area contributed by atoms with Crippen LogP contribution in [0.5, 0.6) is 0 Å². The number of fused-ring (bicyclic) bond motifs is 3. The molecular formula is C27H22BrClN4O2S2. The van der Waals surface area contributed by atoms with Gasteiger partial charge in [0.1, 0.15) is 4.83 Å². The molecule has 1 aliphatic rings. The molecule has 1 N–H and O–H groups in total. The predicted octanol–water partition coefficient (Wildman–Crippen LogP) is 6.56. The lowest BCUT2D eigenvalue weighted by atomic mass is 9.97.